The maximum atomic E-state index is 12.9. The average molecular weight is 365 g/mol. The third-order valence-electron chi connectivity index (χ3n) is 4.66. The van der Waals surface area contributed by atoms with Gasteiger partial charge in [-0.05, 0) is 24.1 Å². The SMILES string of the molecule is CN(CC1(O)CCN(Cc2ccccc2)C1)c1cc(C(F)(F)F)ccn1. The molecule has 0 aliphatic carbocycles. The van der Waals surface area contributed by atoms with E-state index >= 15 is 0 Å². The molecule has 2 heterocycles. The van der Waals surface area contributed by atoms with Crippen molar-refractivity contribution >= 4 is 5.82 Å². The molecule has 1 aromatic carbocycles. The van der Waals surface area contributed by atoms with Crippen LogP contribution in [-0.4, -0.2) is 47.3 Å². The molecule has 1 atom stereocenters. The Hall–Kier alpha value is -2.12. The highest BCUT2D eigenvalue weighted by molar-refractivity contribution is 5.41. The third-order valence-corrected chi connectivity index (χ3v) is 4.66. The van der Waals surface area contributed by atoms with Gasteiger partial charge in [0, 0.05) is 39.4 Å². The second-order valence-electron chi connectivity index (χ2n) is 6.93. The number of hydrogen-bond acceptors (Lipinski definition) is 4. The molecule has 3 rings (SSSR count). The number of pyridine rings is 1. The Morgan fingerprint density at radius 3 is 2.65 bits per heavy atom. The van der Waals surface area contributed by atoms with Crippen LogP contribution in [0, 0.1) is 0 Å². The van der Waals surface area contributed by atoms with Crippen molar-refractivity contribution in [3.63, 3.8) is 0 Å². The number of benzene rings is 1. The second kappa shape index (κ2) is 7.25. The number of hydrogen-bond donors (Lipinski definition) is 1. The molecule has 1 fully saturated rings. The lowest BCUT2D eigenvalue weighted by atomic mass is 10.0. The number of rotatable bonds is 5. The summed E-state index contributed by atoms with van der Waals surface area (Å²) < 4.78 is 38.6. The van der Waals surface area contributed by atoms with Crippen molar-refractivity contribution in [2.24, 2.45) is 0 Å². The summed E-state index contributed by atoms with van der Waals surface area (Å²) in [6.07, 6.45) is -2.69. The van der Waals surface area contributed by atoms with Crippen LogP contribution < -0.4 is 4.90 Å². The molecule has 140 valence electrons. The second-order valence-corrected chi connectivity index (χ2v) is 6.93. The molecule has 0 spiro atoms. The van der Waals surface area contributed by atoms with E-state index in [9.17, 15) is 18.3 Å². The molecule has 0 radical (unpaired) electrons. The fourth-order valence-corrected chi connectivity index (χ4v) is 3.37. The number of aliphatic hydroxyl groups is 1. The molecule has 0 amide bonds. The van der Waals surface area contributed by atoms with Gasteiger partial charge in [0.2, 0.25) is 0 Å². The van der Waals surface area contributed by atoms with Crippen molar-refractivity contribution in [2.45, 2.75) is 24.7 Å². The molecule has 1 aromatic heterocycles. The van der Waals surface area contributed by atoms with Crippen LogP contribution in [0.5, 0.6) is 0 Å². The largest absolute Gasteiger partial charge is 0.416 e. The van der Waals surface area contributed by atoms with E-state index in [2.05, 4.69) is 9.88 Å². The smallest absolute Gasteiger partial charge is 0.387 e. The molecule has 1 N–H and O–H groups in total. The summed E-state index contributed by atoms with van der Waals surface area (Å²) in [7, 11) is 1.65. The van der Waals surface area contributed by atoms with Crippen LogP contribution in [-0.2, 0) is 12.7 Å². The van der Waals surface area contributed by atoms with Gasteiger partial charge >= 0.3 is 6.18 Å². The van der Waals surface area contributed by atoms with Crippen LogP contribution >= 0.6 is 0 Å². The van der Waals surface area contributed by atoms with Gasteiger partial charge in [0.25, 0.3) is 0 Å². The Labute approximate surface area is 150 Å². The topological polar surface area (TPSA) is 39.6 Å². The maximum Gasteiger partial charge on any atom is 0.416 e. The lowest BCUT2D eigenvalue weighted by molar-refractivity contribution is -0.137. The predicted octanol–water partition coefficient (Wildman–Crippen LogP) is 3.17. The van der Waals surface area contributed by atoms with Crippen molar-refractivity contribution in [3.05, 3.63) is 59.8 Å². The van der Waals surface area contributed by atoms with E-state index in [0.717, 1.165) is 31.4 Å². The van der Waals surface area contributed by atoms with E-state index in [1.807, 2.05) is 30.3 Å². The van der Waals surface area contributed by atoms with Crippen LogP contribution in [0.15, 0.2) is 48.7 Å². The van der Waals surface area contributed by atoms with Gasteiger partial charge in [0.15, 0.2) is 0 Å². The molecule has 1 saturated heterocycles. The zero-order chi connectivity index (χ0) is 18.8. The van der Waals surface area contributed by atoms with E-state index in [0.29, 0.717) is 13.0 Å². The first kappa shape index (κ1) is 18.7. The number of likely N-dealkylation sites (tertiary alicyclic amines) is 1. The monoisotopic (exact) mass is 365 g/mol. The number of nitrogens with zero attached hydrogens (tertiary/aromatic N) is 3. The summed E-state index contributed by atoms with van der Waals surface area (Å²) in [5, 5.41) is 10.9. The summed E-state index contributed by atoms with van der Waals surface area (Å²) in [6, 6.07) is 11.9. The third kappa shape index (κ3) is 4.53. The Morgan fingerprint density at radius 2 is 1.96 bits per heavy atom. The van der Waals surface area contributed by atoms with Crippen LogP contribution in [0.1, 0.15) is 17.5 Å². The van der Waals surface area contributed by atoms with E-state index in [1.54, 1.807) is 11.9 Å². The highest BCUT2D eigenvalue weighted by atomic mass is 19.4. The van der Waals surface area contributed by atoms with E-state index < -0.39 is 17.3 Å². The molecule has 7 heteroatoms. The minimum atomic E-state index is -4.41. The lowest BCUT2D eigenvalue weighted by Gasteiger charge is -2.30. The molecule has 4 nitrogen and oxygen atoms in total. The first-order valence-corrected chi connectivity index (χ1v) is 8.48. The van der Waals surface area contributed by atoms with Gasteiger partial charge in [0.05, 0.1) is 11.2 Å². The summed E-state index contributed by atoms with van der Waals surface area (Å²) in [6.45, 7) is 2.20. The minimum Gasteiger partial charge on any atom is -0.387 e. The Balaban J connectivity index is 1.63. The van der Waals surface area contributed by atoms with E-state index in [1.165, 1.54) is 5.56 Å². The van der Waals surface area contributed by atoms with E-state index in [-0.39, 0.29) is 12.4 Å². The maximum absolute atomic E-state index is 12.9. The average Bonchev–Trinajstić information content (AvgIpc) is 2.95. The first-order chi connectivity index (χ1) is 12.3. The molecule has 2 aromatic rings. The summed E-state index contributed by atoms with van der Waals surface area (Å²) in [5.41, 5.74) is -0.539. The Kier molecular flexibility index (Phi) is 5.20. The molecule has 1 aliphatic heterocycles. The molecule has 1 aliphatic rings. The Morgan fingerprint density at radius 1 is 1.23 bits per heavy atom. The molecule has 0 saturated carbocycles. The van der Waals surface area contributed by atoms with Gasteiger partial charge in [-0.1, -0.05) is 30.3 Å². The normalized spacial score (nSPS) is 21.1. The summed E-state index contributed by atoms with van der Waals surface area (Å²) in [5.74, 6) is 0.203. The molecular formula is C19H22F3N3O. The van der Waals surface area contributed by atoms with Crippen LogP contribution in [0.25, 0.3) is 0 Å². The standard InChI is InChI=1S/C19H22F3N3O/c1-24(17-11-16(7-9-23-17)19(20,21)22)13-18(26)8-10-25(14-18)12-15-5-3-2-4-6-15/h2-7,9,11,26H,8,10,12-14H2,1H3. The van der Waals surface area contributed by atoms with Gasteiger partial charge in [-0.3, -0.25) is 4.90 Å². The molecule has 1 unspecified atom stereocenters. The van der Waals surface area contributed by atoms with Gasteiger partial charge in [-0.15, -0.1) is 0 Å². The van der Waals surface area contributed by atoms with Gasteiger partial charge in [0.1, 0.15) is 5.82 Å². The number of β-amino-alcohol motifs (C(OH)–C–C–N with tert-alkyl or cyclic N) is 1. The summed E-state index contributed by atoms with van der Waals surface area (Å²) in [4.78, 5) is 7.75. The van der Waals surface area contributed by atoms with Crippen molar-refractivity contribution < 1.29 is 18.3 Å². The quantitative estimate of drug-likeness (QED) is 0.884. The zero-order valence-corrected chi connectivity index (χ0v) is 14.6. The van der Waals surface area contributed by atoms with Crippen molar-refractivity contribution in [1.29, 1.82) is 0 Å². The number of halogens is 3. The Bertz CT molecular complexity index is 738. The van der Waals surface area contributed by atoms with E-state index in [4.69, 9.17) is 0 Å². The minimum absolute atomic E-state index is 0.203. The number of aromatic nitrogens is 1. The number of likely N-dealkylation sites (N-methyl/N-ethyl adjacent to an activating group) is 1. The first-order valence-electron chi connectivity index (χ1n) is 8.48. The van der Waals surface area contributed by atoms with Crippen molar-refractivity contribution in [3.8, 4) is 0 Å². The highest BCUT2D eigenvalue weighted by Crippen LogP contribution is 2.31. The van der Waals surface area contributed by atoms with Gasteiger partial charge in [-0.2, -0.15) is 13.2 Å². The summed E-state index contributed by atoms with van der Waals surface area (Å²) >= 11 is 0. The van der Waals surface area contributed by atoms with Crippen molar-refractivity contribution in [2.75, 3.05) is 31.6 Å². The van der Waals surface area contributed by atoms with Gasteiger partial charge in [-0.25, -0.2) is 4.98 Å². The predicted molar refractivity (Wildman–Crippen MR) is 93.8 cm³/mol. The molecule has 26 heavy (non-hydrogen) atoms. The lowest BCUT2D eigenvalue weighted by Crippen LogP contribution is -2.44. The van der Waals surface area contributed by atoms with Crippen molar-refractivity contribution in [1.82, 2.24) is 9.88 Å². The number of anilines is 1. The fraction of sp³-hybridized carbons (Fsp3) is 0.421. The fourth-order valence-electron chi connectivity index (χ4n) is 3.37. The highest BCUT2D eigenvalue weighted by Gasteiger charge is 2.37. The number of alkyl halides is 3. The van der Waals surface area contributed by atoms with Gasteiger partial charge < -0.3 is 10.0 Å². The van der Waals surface area contributed by atoms with Crippen LogP contribution in [0.3, 0.4) is 0 Å². The molecular weight excluding hydrogens is 343 g/mol. The van der Waals surface area contributed by atoms with Crippen LogP contribution in [0.2, 0.25) is 0 Å². The van der Waals surface area contributed by atoms with Crippen LogP contribution in [0.4, 0.5) is 19.0 Å². The zero-order valence-electron chi connectivity index (χ0n) is 14.6. The molecule has 0 bridgehead atoms.